The molecule has 1 unspecified atom stereocenters. The summed E-state index contributed by atoms with van der Waals surface area (Å²) in [6.07, 6.45) is 3.59. The van der Waals surface area contributed by atoms with Crippen molar-refractivity contribution in [2.45, 2.75) is 45.4 Å². The molecule has 118 valence electrons. The molecule has 2 aromatic rings. The summed E-state index contributed by atoms with van der Waals surface area (Å²) in [5, 5.41) is 7.56. The van der Waals surface area contributed by atoms with Gasteiger partial charge in [0.25, 0.3) is 0 Å². The van der Waals surface area contributed by atoms with Crippen LogP contribution in [0.5, 0.6) is 0 Å². The molecule has 3 rings (SSSR count). The molecule has 0 aliphatic carbocycles. The molecule has 22 heavy (non-hydrogen) atoms. The Balaban J connectivity index is 1.72. The van der Waals surface area contributed by atoms with Crippen molar-refractivity contribution in [2.24, 2.45) is 0 Å². The number of halogens is 1. The molecule has 0 radical (unpaired) electrons. The van der Waals surface area contributed by atoms with E-state index in [1.807, 2.05) is 11.6 Å². The number of hydrogen-bond donors (Lipinski definition) is 1. The second-order valence-corrected chi connectivity index (χ2v) is 5.28. The molecule has 7 nitrogen and oxygen atoms in total. The summed E-state index contributed by atoms with van der Waals surface area (Å²) >= 11 is 0. The van der Waals surface area contributed by atoms with Crippen molar-refractivity contribution >= 4 is 5.82 Å². The number of nitrogens with one attached hydrogen (secondary N) is 1. The first-order valence-electron chi connectivity index (χ1n) is 7.38. The maximum Gasteiger partial charge on any atom is 0.186 e. The van der Waals surface area contributed by atoms with E-state index in [0.29, 0.717) is 31.1 Å². The molecule has 0 saturated carbocycles. The van der Waals surface area contributed by atoms with Gasteiger partial charge in [-0.1, -0.05) is 6.92 Å². The second-order valence-electron chi connectivity index (χ2n) is 5.28. The number of hydrogen-bond acceptors (Lipinski definition) is 6. The summed E-state index contributed by atoms with van der Waals surface area (Å²) < 4.78 is 21.1. The minimum Gasteiger partial charge on any atom is -0.377 e. The molecule has 0 fully saturated rings. The minimum absolute atomic E-state index is 0.0682. The van der Waals surface area contributed by atoms with Gasteiger partial charge in [-0.2, -0.15) is 5.10 Å². The highest BCUT2D eigenvalue weighted by atomic mass is 19.1. The van der Waals surface area contributed by atoms with Crippen LogP contribution in [0.1, 0.15) is 30.7 Å². The van der Waals surface area contributed by atoms with E-state index in [0.717, 1.165) is 18.7 Å². The van der Waals surface area contributed by atoms with Gasteiger partial charge in [-0.25, -0.2) is 24.0 Å². The molecule has 3 heterocycles. The van der Waals surface area contributed by atoms with Gasteiger partial charge < -0.3 is 10.1 Å². The van der Waals surface area contributed by atoms with Crippen LogP contribution in [0.3, 0.4) is 0 Å². The number of anilines is 1. The first-order valence-corrected chi connectivity index (χ1v) is 7.38. The number of aryl methyl sites for hydroxylation is 2. The predicted octanol–water partition coefficient (Wildman–Crippen LogP) is 1.34. The van der Waals surface area contributed by atoms with E-state index in [1.165, 1.54) is 6.33 Å². The van der Waals surface area contributed by atoms with Crippen LogP contribution in [0.2, 0.25) is 0 Å². The zero-order valence-electron chi connectivity index (χ0n) is 12.7. The molecule has 1 N–H and O–H groups in total. The quantitative estimate of drug-likeness (QED) is 0.898. The highest BCUT2D eigenvalue weighted by molar-refractivity contribution is 5.38. The zero-order chi connectivity index (χ0) is 15.5. The lowest BCUT2D eigenvalue weighted by Gasteiger charge is -2.24. The third kappa shape index (κ3) is 2.92. The maximum absolute atomic E-state index is 14.2. The summed E-state index contributed by atoms with van der Waals surface area (Å²) in [6.45, 7) is 2.91. The van der Waals surface area contributed by atoms with E-state index in [1.54, 1.807) is 7.11 Å². The molecule has 8 heteroatoms. The molecular formula is C14H19FN6O. The van der Waals surface area contributed by atoms with Crippen molar-refractivity contribution in [1.82, 2.24) is 24.7 Å². The first kappa shape index (κ1) is 14.8. The minimum atomic E-state index is -0.366. The number of nitrogens with zero attached hydrogens (tertiary/aromatic N) is 5. The van der Waals surface area contributed by atoms with E-state index in [2.05, 4.69) is 25.4 Å². The Labute approximate surface area is 127 Å². The molecule has 0 spiro atoms. The van der Waals surface area contributed by atoms with E-state index in [9.17, 15) is 4.39 Å². The molecule has 0 saturated heterocycles. The summed E-state index contributed by atoms with van der Waals surface area (Å²) in [7, 11) is 1.62. The summed E-state index contributed by atoms with van der Waals surface area (Å²) in [4.78, 5) is 12.4. The number of ether oxygens (including phenoxy) is 1. The number of fused-ring (bicyclic) bond motifs is 1. The Morgan fingerprint density at radius 1 is 1.45 bits per heavy atom. The van der Waals surface area contributed by atoms with Gasteiger partial charge >= 0.3 is 0 Å². The largest absolute Gasteiger partial charge is 0.377 e. The van der Waals surface area contributed by atoms with Gasteiger partial charge in [0.2, 0.25) is 0 Å². The Morgan fingerprint density at radius 3 is 3.09 bits per heavy atom. The standard InChI is InChI=1S/C14H19FN6O/c1-3-10-13(15)14(17-8-16-10)18-9-4-5-12-19-11(7-22-2)20-21(12)6-9/h8-9H,3-7H2,1-2H3,(H,16,17,18). The van der Waals surface area contributed by atoms with Crippen molar-refractivity contribution in [3.8, 4) is 0 Å². The fourth-order valence-corrected chi connectivity index (χ4v) is 2.62. The lowest BCUT2D eigenvalue weighted by atomic mass is 10.1. The Bertz CT molecular complexity index is 659. The zero-order valence-corrected chi connectivity index (χ0v) is 12.7. The first-order chi connectivity index (χ1) is 10.7. The molecule has 0 amide bonds. The molecule has 0 bridgehead atoms. The van der Waals surface area contributed by atoms with Gasteiger partial charge in [-0.3, -0.25) is 0 Å². The van der Waals surface area contributed by atoms with Crippen LogP contribution in [0.25, 0.3) is 0 Å². The van der Waals surface area contributed by atoms with Crippen LogP contribution in [0, 0.1) is 5.82 Å². The SMILES string of the molecule is CCc1ncnc(NC2CCc3nc(COC)nn3C2)c1F. The fourth-order valence-electron chi connectivity index (χ4n) is 2.62. The normalized spacial score (nSPS) is 17.3. The van der Waals surface area contributed by atoms with Gasteiger partial charge in [0, 0.05) is 19.6 Å². The Kier molecular flexibility index (Phi) is 4.28. The lowest BCUT2D eigenvalue weighted by molar-refractivity contribution is 0.177. The molecule has 0 aromatic carbocycles. The average molecular weight is 306 g/mol. The molecule has 2 aromatic heterocycles. The summed E-state index contributed by atoms with van der Waals surface area (Å²) in [6, 6.07) is 0.0682. The van der Waals surface area contributed by atoms with E-state index in [-0.39, 0.29) is 17.7 Å². The van der Waals surface area contributed by atoms with Crippen molar-refractivity contribution in [3.05, 3.63) is 29.5 Å². The van der Waals surface area contributed by atoms with Crippen molar-refractivity contribution in [1.29, 1.82) is 0 Å². The Hall–Kier alpha value is -2.09. The number of rotatable bonds is 5. The third-order valence-electron chi connectivity index (χ3n) is 3.71. The van der Waals surface area contributed by atoms with Gasteiger partial charge in [-0.15, -0.1) is 0 Å². The van der Waals surface area contributed by atoms with Crippen LogP contribution in [0.4, 0.5) is 10.2 Å². The molecule has 1 aliphatic rings. The van der Waals surface area contributed by atoms with Gasteiger partial charge in [0.15, 0.2) is 17.5 Å². The van der Waals surface area contributed by atoms with Crippen molar-refractivity contribution in [2.75, 3.05) is 12.4 Å². The van der Waals surface area contributed by atoms with Crippen LogP contribution < -0.4 is 5.32 Å². The topological polar surface area (TPSA) is 77.8 Å². The average Bonchev–Trinajstić information content (AvgIpc) is 2.91. The highest BCUT2D eigenvalue weighted by Gasteiger charge is 2.23. The lowest BCUT2D eigenvalue weighted by Crippen LogP contribution is -2.32. The molecule has 1 atom stereocenters. The highest BCUT2D eigenvalue weighted by Crippen LogP contribution is 2.19. The smallest absolute Gasteiger partial charge is 0.186 e. The molecular weight excluding hydrogens is 287 g/mol. The fraction of sp³-hybridized carbons (Fsp3) is 0.571. The van der Waals surface area contributed by atoms with Crippen LogP contribution in [0.15, 0.2) is 6.33 Å². The maximum atomic E-state index is 14.2. The monoisotopic (exact) mass is 306 g/mol. The Morgan fingerprint density at radius 2 is 2.32 bits per heavy atom. The van der Waals surface area contributed by atoms with Crippen LogP contribution in [-0.4, -0.2) is 37.9 Å². The second kappa shape index (κ2) is 6.35. The van der Waals surface area contributed by atoms with E-state index >= 15 is 0 Å². The van der Waals surface area contributed by atoms with Crippen LogP contribution >= 0.6 is 0 Å². The number of aromatic nitrogens is 5. The van der Waals surface area contributed by atoms with Gasteiger partial charge in [0.05, 0.1) is 12.2 Å². The van der Waals surface area contributed by atoms with Crippen LogP contribution in [-0.2, 0) is 30.7 Å². The summed E-state index contributed by atoms with van der Waals surface area (Å²) in [5.74, 6) is 1.52. The van der Waals surface area contributed by atoms with Gasteiger partial charge in [-0.05, 0) is 12.8 Å². The van der Waals surface area contributed by atoms with E-state index in [4.69, 9.17) is 4.74 Å². The van der Waals surface area contributed by atoms with Crippen molar-refractivity contribution in [3.63, 3.8) is 0 Å². The number of methoxy groups -OCH3 is 1. The van der Waals surface area contributed by atoms with E-state index < -0.39 is 0 Å². The van der Waals surface area contributed by atoms with Gasteiger partial charge in [0.1, 0.15) is 18.8 Å². The molecule has 1 aliphatic heterocycles. The predicted molar refractivity (Wildman–Crippen MR) is 77.8 cm³/mol. The van der Waals surface area contributed by atoms with Crippen molar-refractivity contribution < 1.29 is 9.13 Å². The summed E-state index contributed by atoms with van der Waals surface area (Å²) in [5.41, 5.74) is 0.428. The third-order valence-corrected chi connectivity index (χ3v) is 3.71.